The molecular formula is C18H33BO4-2. The van der Waals surface area contributed by atoms with Crippen LogP contribution in [0.15, 0.2) is 12.2 Å². The molecule has 0 N–H and O–H groups in total. The van der Waals surface area contributed by atoms with Gasteiger partial charge in [-0.1, -0.05) is 70.4 Å². The van der Waals surface area contributed by atoms with Gasteiger partial charge in [-0.05, 0) is 32.1 Å². The fourth-order valence-electron chi connectivity index (χ4n) is 2.51. The molecule has 0 radical (unpaired) electrons. The van der Waals surface area contributed by atoms with E-state index in [1.807, 2.05) is 0 Å². The van der Waals surface area contributed by atoms with Gasteiger partial charge in [0.05, 0.1) is 0 Å². The van der Waals surface area contributed by atoms with E-state index in [0.717, 1.165) is 25.7 Å². The van der Waals surface area contributed by atoms with Crippen molar-refractivity contribution in [2.45, 2.75) is 96.8 Å². The first-order valence-corrected chi connectivity index (χ1v) is 9.33. The molecule has 0 rings (SSSR count). The van der Waals surface area contributed by atoms with Crippen LogP contribution in [-0.2, 0) is 9.45 Å². The molecule has 0 aliphatic rings. The first-order valence-electron chi connectivity index (χ1n) is 9.33. The third-order valence-electron chi connectivity index (χ3n) is 3.87. The van der Waals surface area contributed by atoms with Gasteiger partial charge in [-0.15, -0.1) is 0 Å². The number of carbonyl (C=O) groups is 1. The van der Waals surface area contributed by atoms with E-state index in [9.17, 15) is 14.8 Å². The number of rotatable bonds is 16. The van der Waals surface area contributed by atoms with Gasteiger partial charge in [0, 0.05) is 6.42 Å². The summed E-state index contributed by atoms with van der Waals surface area (Å²) in [5, 5.41) is 20.2. The standard InChI is InChI=1S/C18H33BO4/c1-2-3-4-5-6-7-8-9-10-11-12-13-14-15-16-17-18(20)23-19(21)22/h9-10H,2-8,11-17H2,1H3/q-2/b10-9-. The minimum atomic E-state index is -2.48. The Morgan fingerprint density at radius 1 is 0.826 bits per heavy atom. The van der Waals surface area contributed by atoms with Gasteiger partial charge in [0.15, 0.2) is 0 Å². The van der Waals surface area contributed by atoms with Crippen LogP contribution in [0.5, 0.6) is 0 Å². The van der Waals surface area contributed by atoms with Gasteiger partial charge in [0.1, 0.15) is 7.32 Å². The molecule has 134 valence electrons. The van der Waals surface area contributed by atoms with E-state index >= 15 is 0 Å². The highest BCUT2D eigenvalue weighted by molar-refractivity contribution is 6.31. The summed E-state index contributed by atoms with van der Waals surface area (Å²) in [6.07, 6.45) is 20.3. The van der Waals surface area contributed by atoms with Crippen molar-refractivity contribution >= 4 is 13.3 Å². The van der Waals surface area contributed by atoms with Gasteiger partial charge in [0.2, 0.25) is 0 Å². The summed E-state index contributed by atoms with van der Waals surface area (Å²) in [4.78, 5) is 11.0. The van der Waals surface area contributed by atoms with Gasteiger partial charge in [-0.2, -0.15) is 0 Å². The van der Waals surface area contributed by atoms with Gasteiger partial charge in [0.25, 0.3) is 5.97 Å². The minimum absolute atomic E-state index is 0.180. The van der Waals surface area contributed by atoms with Gasteiger partial charge < -0.3 is 14.7 Å². The Morgan fingerprint density at radius 2 is 1.30 bits per heavy atom. The van der Waals surface area contributed by atoms with E-state index in [2.05, 4.69) is 23.7 Å². The Morgan fingerprint density at radius 3 is 1.83 bits per heavy atom. The lowest BCUT2D eigenvalue weighted by Crippen LogP contribution is -2.49. The molecule has 0 aliphatic heterocycles. The second kappa shape index (κ2) is 17.5. The summed E-state index contributed by atoms with van der Waals surface area (Å²) in [6.45, 7) is 2.24. The third-order valence-corrected chi connectivity index (χ3v) is 3.87. The van der Waals surface area contributed by atoms with Crippen LogP contribution in [0.2, 0.25) is 0 Å². The molecule has 0 saturated heterocycles. The van der Waals surface area contributed by atoms with E-state index in [1.54, 1.807) is 0 Å². The minimum Gasteiger partial charge on any atom is -0.860 e. The Balaban J connectivity index is 3.18. The molecule has 0 aromatic carbocycles. The zero-order valence-electron chi connectivity index (χ0n) is 14.8. The first kappa shape index (κ1) is 22.2. The fourth-order valence-corrected chi connectivity index (χ4v) is 2.51. The second-order valence-corrected chi connectivity index (χ2v) is 6.11. The molecule has 0 heterocycles. The van der Waals surface area contributed by atoms with Crippen LogP contribution < -0.4 is 10.0 Å². The number of unbranched alkanes of at least 4 members (excludes halogenated alkanes) is 11. The normalized spacial score (nSPS) is 11.1. The zero-order chi connectivity index (χ0) is 17.2. The summed E-state index contributed by atoms with van der Waals surface area (Å²) in [6, 6.07) is 0. The molecule has 0 saturated carbocycles. The second-order valence-electron chi connectivity index (χ2n) is 6.11. The maximum atomic E-state index is 11.0. The van der Waals surface area contributed by atoms with Crippen LogP contribution in [0.3, 0.4) is 0 Å². The molecule has 0 aromatic rings. The smallest absolute Gasteiger partial charge is 0.285 e. The first-order chi connectivity index (χ1) is 11.2. The molecule has 0 atom stereocenters. The molecule has 4 nitrogen and oxygen atoms in total. The molecule has 23 heavy (non-hydrogen) atoms. The summed E-state index contributed by atoms with van der Waals surface area (Å²) >= 11 is 0. The van der Waals surface area contributed by atoms with E-state index < -0.39 is 13.3 Å². The molecule has 5 heteroatoms. The lowest BCUT2D eigenvalue weighted by Gasteiger charge is -2.24. The maximum Gasteiger partial charge on any atom is 0.285 e. The van der Waals surface area contributed by atoms with E-state index in [-0.39, 0.29) is 6.42 Å². The number of carbonyl (C=O) groups excluding carboxylic acids is 1. The highest BCUT2D eigenvalue weighted by Gasteiger charge is 1.99. The topological polar surface area (TPSA) is 72.4 Å². The number of hydrogen-bond donors (Lipinski definition) is 0. The SMILES string of the molecule is CCCCCCCC/C=C\CCCCCCCC(=O)OB([O-])[O-]. The summed E-state index contributed by atoms with van der Waals surface area (Å²) < 4.78 is 4.01. The molecule has 0 aliphatic carbocycles. The highest BCUT2D eigenvalue weighted by atomic mass is 16.6. The van der Waals surface area contributed by atoms with Crippen LogP contribution in [0.4, 0.5) is 0 Å². The maximum absolute atomic E-state index is 11.0. The van der Waals surface area contributed by atoms with Crippen molar-refractivity contribution in [3.8, 4) is 0 Å². The summed E-state index contributed by atoms with van der Waals surface area (Å²) in [7, 11) is -2.48. The molecule has 0 fully saturated rings. The van der Waals surface area contributed by atoms with Crippen molar-refractivity contribution < 1.29 is 19.5 Å². The van der Waals surface area contributed by atoms with Crippen molar-refractivity contribution in [1.29, 1.82) is 0 Å². The molecule has 0 bridgehead atoms. The third kappa shape index (κ3) is 19.1. The average Bonchev–Trinajstić information content (AvgIpc) is 2.50. The quantitative estimate of drug-likeness (QED) is 0.248. The van der Waals surface area contributed by atoms with Crippen molar-refractivity contribution in [3.05, 3.63) is 12.2 Å². The molecule has 0 unspecified atom stereocenters. The predicted octanol–water partition coefficient (Wildman–Crippen LogP) is 3.27. The van der Waals surface area contributed by atoms with Crippen LogP contribution >= 0.6 is 0 Å². The largest absolute Gasteiger partial charge is 0.860 e. The lowest BCUT2D eigenvalue weighted by atomic mass is 10.1. The van der Waals surface area contributed by atoms with Crippen LogP contribution in [0.25, 0.3) is 0 Å². The van der Waals surface area contributed by atoms with Gasteiger partial charge in [-0.25, -0.2) is 0 Å². The average molecular weight is 324 g/mol. The Kier molecular flexibility index (Phi) is 16.9. The Labute approximate surface area is 142 Å². The Hall–Kier alpha value is -0.805. The number of hydrogen-bond acceptors (Lipinski definition) is 4. The van der Waals surface area contributed by atoms with Crippen LogP contribution in [-0.4, -0.2) is 13.3 Å². The summed E-state index contributed by atoms with van der Waals surface area (Å²) in [5.74, 6) is -0.669. The fraction of sp³-hybridized carbons (Fsp3) is 0.833. The van der Waals surface area contributed by atoms with Crippen molar-refractivity contribution in [2.75, 3.05) is 0 Å². The van der Waals surface area contributed by atoms with Gasteiger partial charge in [-0.3, -0.25) is 4.79 Å². The van der Waals surface area contributed by atoms with E-state index in [0.29, 0.717) is 6.42 Å². The van der Waals surface area contributed by atoms with Crippen LogP contribution in [0.1, 0.15) is 96.8 Å². The van der Waals surface area contributed by atoms with E-state index in [4.69, 9.17) is 0 Å². The molecule has 0 spiro atoms. The van der Waals surface area contributed by atoms with Crippen molar-refractivity contribution in [3.63, 3.8) is 0 Å². The number of allylic oxidation sites excluding steroid dienone is 2. The summed E-state index contributed by atoms with van der Waals surface area (Å²) in [5.41, 5.74) is 0. The van der Waals surface area contributed by atoms with Crippen molar-refractivity contribution in [2.24, 2.45) is 0 Å². The predicted molar refractivity (Wildman–Crippen MR) is 91.3 cm³/mol. The van der Waals surface area contributed by atoms with Gasteiger partial charge >= 0.3 is 0 Å². The van der Waals surface area contributed by atoms with Crippen molar-refractivity contribution in [1.82, 2.24) is 0 Å². The monoisotopic (exact) mass is 324 g/mol. The highest BCUT2D eigenvalue weighted by Crippen LogP contribution is 2.10. The molecular weight excluding hydrogens is 291 g/mol. The van der Waals surface area contributed by atoms with E-state index in [1.165, 1.54) is 51.4 Å². The zero-order valence-corrected chi connectivity index (χ0v) is 14.8. The Bertz CT molecular complexity index is 293. The van der Waals surface area contributed by atoms with Crippen LogP contribution in [0, 0.1) is 0 Å². The molecule has 0 aromatic heterocycles. The lowest BCUT2D eigenvalue weighted by molar-refractivity contribution is -0.376. The molecule has 0 amide bonds.